The van der Waals surface area contributed by atoms with Crippen LogP contribution in [0.15, 0.2) is 88.2 Å². The van der Waals surface area contributed by atoms with E-state index in [9.17, 15) is 9.90 Å². The summed E-state index contributed by atoms with van der Waals surface area (Å²) < 4.78 is 7.57. The molecule has 2 heterocycles. The first-order chi connectivity index (χ1) is 16.7. The standard InChI is InChI=1S/C28H22N2O3S/c1-33-22-13-7-11-19(26(22)31)16-23-27(32)30-25(18-9-3-2-4-10-18)21-15-14-17-8-5-6-12-20(17)24(21)29-28(30)34-23/h2-13,16,25,31H,14-15H2,1H3/b23-16+/t25-/m0/s1. The number of aromatic nitrogens is 1. The van der Waals surface area contributed by atoms with Crippen LogP contribution in [0.4, 0.5) is 0 Å². The predicted octanol–water partition coefficient (Wildman–Crippen LogP) is 4.03. The lowest BCUT2D eigenvalue weighted by Crippen LogP contribution is -2.38. The number of benzene rings is 3. The number of phenols is 1. The van der Waals surface area contributed by atoms with Gasteiger partial charge in [-0.15, -0.1) is 0 Å². The summed E-state index contributed by atoms with van der Waals surface area (Å²) >= 11 is 1.35. The molecule has 3 aromatic carbocycles. The highest BCUT2D eigenvalue weighted by Gasteiger charge is 2.32. The molecule has 34 heavy (non-hydrogen) atoms. The van der Waals surface area contributed by atoms with E-state index in [-0.39, 0.29) is 17.4 Å². The Bertz CT molecular complexity index is 1630. The first-order valence-corrected chi connectivity index (χ1v) is 12.0. The normalized spacial score (nSPS) is 17.0. The first kappa shape index (κ1) is 20.7. The Morgan fingerprint density at radius 1 is 1.03 bits per heavy atom. The number of thiazole rings is 1. The third kappa shape index (κ3) is 3.22. The average molecular weight is 467 g/mol. The number of phenolic OH excluding ortho intramolecular Hbond substituents is 1. The summed E-state index contributed by atoms with van der Waals surface area (Å²) in [5.74, 6) is 0.388. The Hall–Kier alpha value is -3.90. The lowest BCUT2D eigenvalue weighted by molar-refractivity contribution is 0.373. The second kappa shape index (κ2) is 8.15. The van der Waals surface area contributed by atoms with Crippen LogP contribution in [0.5, 0.6) is 11.5 Å². The Labute approximate surface area is 200 Å². The third-order valence-electron chi connectivity index (χ3n) is 6.52. The fraction of sp³-hybridized carbons (Fsp3) is 0.143. The van der Waals surface area contributed by atoms with Crippen LogP contribution in [-0.4, -0.2) is 16.8 Å². The highest BCUT2D eigenvalue weighted by molar-refractivity contribution is 7.07. The number of nitrogens with zero attached hydrogens (tertiary/aromatic N) is 2. The molecule has 0 amide bonds. The fourth-order valence-electron chi connectivity index (χ4n) is 4.92. The van der Waals surface area contributed by atoms with Crippen molar-refractivity contribution in [3.8, 4) is 11.5 Å². The topological polar surface area (TPSA) is 63.8 Å². The maximum atomic E-state index is 13.7. The highest BCUT2D eigenvalue weighted by atomic mass is 32.1. The third-order valence-corrected chi connectivity index (χ3v) is 7.51. The van der Waals surface area contributed by atoms with E-state index >= 15 is 0 Å². The van der Waals surface area contributed by atoms with Crippen LogP contribution in [0.2, 0.25) is 0 Å². The number of hydrogen-bond acceptors (Lipinski definition) is 5. The zero-order chi connectivity index (χ0) is 23.2. The van der Waals surface area contributed by atoms with Gasteiger partial charge in [0.2, 0.25) is 0 Å². The maximum Gasteiger partial charge on any atom is 0.271 e. The largest absolute Gasteiger partial charge is 0.504 e. The molecule has 1 aliphatic carbocycles. The van der Waals surface area contributed by atoms with E-state index in [0.717, 1.165) is 29.7 Å². The number of hydrogen-bond donors (Lipinski definition) is 1. The molecule has 1 N–H and O–H groups in total. The minimum atomic E-state index is -0.207. The molecule has 6 rings (SSSR count). The summed E-state index contributed by atoms with van der Waals surface area (Å²) in [7, 11) is 1.51. The van der Waals surface area contributed by atoms with Gasteiger partial charge in [-0.2, -0.15) is 0 Å². The number of aromatic hydroxyl groups is 1. The van der Waals surface area contributed by atoms with E-state index in [0.29, 0.717) is 20.6 Å². The lowest BCUT2D eigenvalue weighted by atomic mass is 9.83. The van der Waals surface area contributed by atoms with E-state index in [1.165, 1.54) is 29.6 Å². The van der Waals surface area contributed by atoms with Crippen molar-refractivity contribution in [3.63, 3.8) is 0 Å². The van der Waals surface area contributed by atoms with Crippen LogP contribution in [0.25, 0.3) is 11.8 Å². The summed E-state index contributed by atoms with van der Waals surface area (Å²) in [6.45, 7) is 0. The van der Waals surface area contributed by atoms with Crippen molar-refractivity contribution < 1.29 is 9.84 Å². The molecule has 0 bridgehead atoms. The summed E-state index contributed by atoms with van der Waals surface area (Å²) in [5, 5.41) is 10.6. The van der Waals surface area contributed by atoms with Gasteiger partial charge < -0.3 is 9.84 Å². The van der Waals surface area contributed by atoms with E-state index in [4.69, 9.17) is 9.73 Å². The zero-order valence-corrected chi connectivity index (χ0v) is 19.4. The number of allylic oxidation sites excluding steroid dienone is 1. The second-order valence-corrected chi connectivity index (χ2v) is 9.43. The van der Waals surface area contributed by atoms with Crippen LogP contribution in [0.1, 0.15) is 34.7 Å². The van der Waals surface area contributed by atoms with Gasteiger partial charge in [-0.05, 0) is 41.7 Å². The highest BCUT2D eigenvalue weighted by Crippen LogP contribution is 2.41. The Morgan fingerprint density at radius 3 is 2.65 bits per heavy atom. The molecule has 2 aliphatic rings. The average Bonchev–Trinajstić information content (AvgIpc) is 3.19. The molecule has 5 nitrogen and oxygen atoms in total. The van der Waals surface area contributed by atoms with Crippen LogP contribution < -0.4 is 19.6 Å². The van der Waals surface area contributed by atoms with Gasteiger partial charge >= 0.3 is 0 Å². The number of aryl methyl sites for hydroxylation is 1. The van der Waals surface area contributed by atoms with Crippen LogP contribution in [-0.2, 0) is 6.42 Å². The van der Waals surface area contributed by atoms with Gasteiger partial charge in [0.25, 0.3) is 5.56 Å². The van der Waals surface area contributed by atoms with E-state index in [2.05, 4.69) is 30.3 Å². The zero-order valence-electron chi connectivity index (χ0n) is 18.6. The second-order valence-electron chi connectivity index (χ2n) is 8.42. The molecule has 0 fully saturated rings. The van der Waals surface area contributed by atoms with Gasteiger partial charge in [0.05, 0.1) is 23.4 Å². The Kier molecular flexibility index (Phi) is 4.96. The molecular formula is C28H22N2O3S. The van der Waals surface area contributed by atoms with Crippen LogP contribution >= 0.6 is 11.3 Å². The Balaban J connectivity index is 1.62. The van der Waals surface area contributed by atoms with Gasteiger partial charge in [0.1, 0.15) is 0 Å². The summed E-state index contributed by atoms with van der Waals surface area (Å²) in [4.78, 5) is 19.4. The number of ether oxygens (including phenoxy) is 1. The SMILES string of the molecule is COc1cccc(/C=c2/sc3n(c2=O)[C@@H](c2ccccc2)C2=C(N=3)c3ccccc3CC2)c1O. The minimum Gasteiger partial charge on any atom is -0.504 e. The fourth-order valence-corrected chi connectivity index (χ4v) is 5.91. The van der Waals surface area contributed by atoms with Gasteiger partial charge in [0.15, 0.2) is 16.3 Å². The molecule has 0 radical (unpaired) electrons. The van der Waals surface area contributed by atoms with Crippen LogP contribution in [0, 0.1) is 0 Å². The van der Waals surface area contributed by atoms with Gasteiger partial charge in [-0.1, -0.05) is 78.1 Å². The number of methoxy groups -OCH3 is 1. The van der Waals surface area contributed by atoms with Gasteiger partial charge in [-0.3, -0.25) is 9.36 Å². The van der Waals surface area contributed by atoms with Crippen LogP contribution in [0.3, 0.4) is 0 Å². The minimum absolute atomic E-state index is 0.0173. The summed E-state index contributed by atoms with van der Waals surface area (Å²) in [6.07, 6.45) is 3.51. The summed E-state index contributed by atoms with van der Waals surface area (Å²) in [6, 6.07) is 23.6. The molecule has 0 unspecified atom stereocenters. The van der Waals surface area contributed by atoms with Gasteiger partial charge in [-0.25, -0.2) is 4.99 Å². The van der Waals surface area contributed by atoms with Crippen molar-refractivity contribution >= 4 is 23.1 Å². The van der Waals surface area contributed by atoms with E-state index < -0.39 is 0 Å². The Morgan fingerprint density at radius 2 is 1.82 bits per heavy atom. The number of fused-ring (bicyclic) bond motifs is 3. The smallest absolute Gasteiger partial charge is 0.271 e. The molecule has 1 aromatic heterocycles. The van der Waals surface area contributed by atoms with Crippen molar-refractivity contribution in [2.24, 2.45) is 4.99 Å². The van der Waals surface area contributed by atoms with E-state index in [1.54, 1.807) is 24.3 Å². The molecule has 0 spiro atoms. The quantitative estimate of drug-likeness (QED) is 0.496. The molecule has 168 valence electrons. The number of para-hydroxylation sites is 1. The maximum absolute atomic E-state index is 13.7. The number of rotatable bonds is 3. The van der Waals surface area contributed by atoms with Crippen molar-refractivity contribution in [3.05, 3.63) is 120 Å². The van der Waals surface area contributed by atoms with E-state index in [1.807, 2.05) is 28.8 Å². The summed E-state index contributed by atoms with van der Waals surface area (Å²) in [5.41, 5.74) is 6.09. The van der Waals surface area contributed by atoms with Crippen molar-refractivity contribution in [2.75, 3.05) is 7.11 Å². The molecule has 0 saturated carbocycles. The lowest BCUT2D eigenvalue weighted by Gasteiger charge is -2.30. The molecule has 1 aliphatic heterocycles. The van der Waals surface area contributed by atoms with Crippen molar-refractivity contribution in [1.82, 2.24) is 4.57 Å². The molecule has 1 atom stereocenters. The van der Waals surface area contributed by atoms with Gasteiger partial charge in [0, 0.05) is 11.1 Å². The monoisotopic (exact) mass is 466 g/mol. The first-order valence-electron chi connectivity index (χ1n) is 11.2. The molecule has 6 heteroatoms. The molecule has 4 aromatic rings. The van der Waals surface area contributed by atoms with Crippen molar-refractivity contribution in [1.29, 1.82) is 0 Å². The molecule has 0 saturated heterocycles. The van der Waals surface area contributed by atoms with Crippen molar-refractivity contribution in [2.45, 2.75) is 18.9 Å². The molecular weight excluding hydrogens is 444 g/mol. The predicted molar refractivity (Wildman–Crippen MR) is 134 cm³/mol.